The standard InChI is InChI=1S/C13H27NO2/c1-7-16-12(15)13(6,8-10(2)3)14-9-11(4)5/h10-11,14H,7-9H2,1-6H3. The molecule has 0 saturated carbocycles. The van der Waals surface area contributed by atoms with E-state index in [4.69, 9.17) is 4.74 Å². The lowest BCUT2D eigenvalue weighted by Crippen LogP contribution is -2.52. The maximum atomic E-state index is 11.9. The molecule has 0 radical (unpaired) electrons. The van der Waals surface area contributed by atoms with Gasteiger partial charge in [-0.15, -0.1) is 0 Å². The molecule has 1 unspecified atom stereocenters. The first-order chi connectivity index (χ1) is 7.31. The lowest BCUT2D eigenvalue weighted by Gasteiger charge is -2.31. The molecule has 0 fully saturated rings. The number of carbonyl (C=O) groups is 1. The van der Waals surface area contributed by atoms with Crippen molar-refractivity contribution >= 4 is 5.97 Å². The summed E-state index contributed by atoms with van der Waals surface area (Å²) in [5, 5.41) is 3.34. The van der Waals surface area contributed by atoms with Crippen LogP contribution in [0, 0.1) is 11.8 Å². The zero-order valence-electron chi connectivity index (χ0n) is 11.6. The Bertz CT molecular complexity index is 214. The average Bonchev–Trinajstić information content (AvgIpc) is 2.14. The van der Waals surface area contributed by atoms with Gasteiger partial charge in [0.05, 0.1) is 6.61 Å². The summed E-state index contributed by atoms with van der Waals surface area (Å²) in [5.74, 6) is 0.860. The minimum absolute atomic E-state index is 0.135. The first kappa shape index (κ1) is 15.4. The molecule has 1 N–H and O–H groups in total. The smallest absolute Gasteiger partial charge is 0.326 e. The zero-order chi connectivity index (χ0) is 12.8. The summed E-state index contributed by atoms with van der Waals surface area (Å²) in [6, 6.07) is 0. The number of hydrogen-bond acceptors (Lipinski definition) is 3. The third-order valence-electron chi connectivity index (χ3n) is 2.44. The minimum Gasteiger partial charge on any atom is -0.465 e. The van der Waals surface area contributed by atoms with E-state index in [-0.39, 0.29) is 5.97 Å². The normalized spacial score (nSPS) is 15.2. The van der Waals surface area contributed by atoms with Gasteiger partial charge in [0.2, 0.25) is 0 Å². The summed E-state index contributed by atoms with van der Waals surface area (Å²) in [6.45, 7) is 13.6. The fraction of sp³-hybridized carbons (Fsp3) is 0.923. The number of ether oxygens (including phenoxy) is 1. The van der Waals surface area contributed by atoms with Crippen molar-refractivity contribution in [3.05, 3.63) is 0 Å². The maximum absolute atomic E-state index is 11.9. The Labute approximate surface area is 99.9 Å². The fourth-order valence-corrected chi connectivity index (χ4v) is 1.76. The lowest BCUT2D eigenvalue weighted by atomic mass is 9.90. The summed E-state index contributed by atoms with van der Waals surface area (Å²) in [6.07, 6.45) is 0.804. The SMILES string of the molecule is CCOC(=O)C(C)(CC(C)C)NCC(C)C. The van der Waals surface area contributed by atoms with Gasteiger partial charge in [-0.2, -0.15) is 0 Å². The van der Waals surface area contributed by atoms with E-state index >= 15 is 0 Å². The molecule has 16 heavy (non-hydrogen) atoms. The third kappa shape index (κ3) is 5.50. The van der Waals surface area contributed by atoms with Crippen LogP contribution in [0.5, 0.6) is 0 Å². The molecule has 0 aliphatic rings. The Morgan fingerprint density at radius 3 is 2.19 bits per heavy atom. The first-order valence-electron chi connectivity index (χ1n) is 6.24. The van der Waals surface area contributed by atoms with E-state index in [1.807, 2.05) is 13.8 Å². The van der Waals surface area contributed by atoms with Crippen molar-refractivity contribution in [2.24, 2.45) is 11.8 Å². The van der Waals surface area contributed by atoms with Crippen molar-refractivity contribution in [1.82, 2.24) is 5.32 Å². The van der Waals surface area contributed by atoms with Gasteiger partial charge in [0, 0.05) is 0 Å². The highest BCUT2D eigenvalue weighted by Crippen LogP contribution is 2.18. The molecule has 0 aliphatic carbocycles. The second-order valence-electron chi connectivity index (χ2n) is 5.43. The van der Waals surface area contributed by atoms with Crippen LogP contribution in [0.1, 0.15) is 48.0 Å². The van der Waals surface area contributed by atoms with E-state index in [0.29, 0.717) is 18.4 Å². The van der Waals surface area contributed by atoms with E-state index in [2.05, 4.69) is 33.0 Å². The van der Waals surface area contributed by atoms with Crippen molar-refractivity contribution in [1.29, 1.82) is 0 Å². The van der Waals surface area contributed by atoms with Crippen LogP contribution in [-0.2, 0) is 9.53 Å². The Kier molecular flexibility index (Phi) is 6.65. The monoisotopic (exact) mass is 229 g/mol. The molecule has 96 valence electrons. The molecule has 0 saturated heterocycles. The lowest BCUT2D eigenvalue weighted by molar-refractivity contribution is -0.151. The highest BCUT2D eigenvalue weighted by Gasteiger charge is 2.34. The zero-order valence-corrected chi connectivity index (χ0v) is 11.6. The van der Waals surface area contributed by atoms with Gasteiger partial charge in [-0.1, -0.05) is 27.7 Å². The van der Waals surface area contributed by atoms with Crippen molar-refractivity contribution < 1.29 is 9.53 Å². The van der Waals surface area contributed by atoms with Crippen LogP contribution in [0.15, 0.2) is 0 Å². The van der Waals surface area contributed by atoms with E-state index < -0.39 is 5.54 Å². The van der Waals surface area contributed by atoms with E-state index in [0.717, 1.165) is 13.0 Å². The number of esters is 1. The van der Waals surface area contributed by atoms with Crippen LogP contribution in [0.2, 0.25) is 0 Å². The highest BCUT2D eigenvalue weighted by molar-refractivity contribution is 5.80. The summed E-state index contributed by atoms with van der Waals surface area (Å²) in [4.78, 5) is 11.9. The second kappa shape index (κ2) is 6.89. The van der Waals surface area contributed by atoms with Crippen molar-refractivity contribution in [2.45, 2.75) is 53.5 Å². The molecule has 0 bridgehead atoms. The Hall–Kier alpha value is -0.570. The van der Waals surface area contributed by atoms with Gasteiger partial charge >= 0.3 is 5.97 Å². The molecule has 0 aromatic heterocycles. The van der Waals surface area contributed by atoms with Gasteiger partial charge in [-0.05, 0) is 38.6 Å². The van der Waals surface area contributed by atoms with Gasteiger partial charge in [-0.25, -0.2) is 0 Å². The summed E-state index contributed by atoms with van der Waals surface area (Å²) in [7, 11) is 0. The van der Waals surface area contributed by atoms with Crippen molar-refractivity contribution in [3.63, 3.8) is 0 Å². The molecule has 3 heteroatoms. The number of rotatable bonds is 7. The average molecular weight is 229 g/mol. The van der Waals surface area contributed by atoms with E-state index in [1.165, 1.54) is 0 Å². The molecule has 0 aromatic rings. The Balaban J connectivity index is 4.53. The molecular formula is C13H27NO2. The van der Waals surface area contributed by atoms with E-state index in [1.54, 1.807) is 0 Å². The molecule has 0 heterocycles. The quantitative estimate of drug-likeness (QED) is 0.682. The fourth-order valence-electron chi connectivity index (χ4n) is 1.76. The maximum Gasteiger partial charge on any atom is 0.326 e. The number of carbonyl (C=O) groups excluding carboxylic acids is 1. The van der Waals surface area contributed by atoms with Crippen LogP contribution < -0.4 is 5.32 Å². The van der Waals surface area contributed by atoms with Crippen LogP contribution in [0.3, 0.4) is 0 Å². The predicted octanol–water partition coefficient (Wildman–Crippen LogP) is 2.60. The minimum atomic E-state index is -0.547. The summed E-state index contributed by atoms with van der Waals surface area (Å²) in [5.41, 5.74) is -0.547. The molecule has 0 aliphatic heterocycles. The van der Waals surface area contributed by atoms with Crippen LogP contribution >= 0.6 is 0 Å². The van der Waals surface area contributed by atoms with Crippen LogP contribution in [-0.4, -0.2) is 24.7 Å². The molecule has 3 nitrogen and oxygen atoms in total. The third-order valence-corrected chi connectivity index (χ3v) is 2.44. The van der Waals surface area contributed by atoms with Gasteiger partial charge in [-0.3, -0.25) is 4.79 Å². The van der Waals surface area contributed by atoms with E-state index in [9.17, 15) is 4.79 Å². The Morgan fingerprint density at radius 1 is 1.25 bits per heavy atom. The molecule has 0 aromatic carbocycles. The predicted molar refractivity (Wildman–Crippen MR) is 67.3 cm³/mol. The van der Waals surface area contributed by atoms with Crippen LogP contribution in [0.25, 0.3) is 0 Å². The largest absolute Gasteiger partial charge is 0.465 e. The first-order valence-corrected chi connectivity index (χ1v) is 6.24. The molecule has 0 spiro atoms. The molecular weight excluding hydrogens is 202 g/mol. The van der Waals surface area contributed by atoms with Crippen molar-refractivity contribution in [3.8, 4) is 0 Å². The summed E-state index contributed by atoms with van der Waals surface area (Å²) >= 11 is 0. The second-order valence-corrected chi connectivity index (χ2v) is 5.43. The van der Waals surface area contributed by atoms with Gasteiger partial charge in [0.15, 0.2) is 0 Å². The molecule has 0 rings (SSSR count). The summed E-state index contributed by atoms with van der Waals surface area (Å²) < 4.78 is 5.14. The molecule has 1 atom stereocenters. The van der Waals surface area contributed by atoms with Gasteiger partial charge in [0.25, 0.3) is 0 Å². The van der Waals surface area contributed by atoms with Crippen LogP contribution in [0.4, 0.5) is 0 Å². The number of hydrogen-bond donors (Lipinski definition) is 1. The van der Waals surface area contributed by atoms with Crippen molar-refractivity contribution in [2.75, 3.05) is 13.2 Å². The topological polar surface area (TPSA) is 38.3 Å². The van der Waals surface area contributed by atoms with Gasteiger partial charge in [0.1, 0.15) is 5.54 Å². The number of nitrogens with one attached hydrogen (secondary N) is 1. The Morgan fingerprint density at radius 2 is 1.81 bits per heavy atom. The highest BCUT2D eigenvalue weighted by atomic mass is 16.5. The van der Waals surface area contributed by atoms with Gasteiger partial charge < -0.3 is 10.1 Å². The molecule has 0 amide bonds.